The number of likely N-dealkylation sites (tertiary alicyclic amines) is 1. The van der Waals surface area contributed by atoms with Crippen LogP contribution < -0.4 is 5.32 Å². The molecule has 3 rings (SSSR count). The molecule has 0 atom stereocenters. The summed E-state index contributed by atoms with van der Waals surface area (Å²) in [5.74, 6) is -0.525. The lowest BCUT2D eigenvalue weighted by Gasteiger charge is -2.34. The monoisotopic (exact) mass is 418 g/mol. The molecule has 0 spiro atoms. The van der Waals surface area contributed by atoms with Gasteiger partial charge in [0.25, 0.3) is 5.91 Å². The van der Waals surface area contributed by atoms with E-state index in [-0.39, 0.29) is 17.8 Å². The molecule has 0 bridgehead atoms. The van der Waals surface area contributed by atoms with Crippen LogP contribution >= 0.6 is 0 Å². The second-order valence-electron chi connectivity index (χ2n) is 8.02. The summed E-state index contributed by atoms with van der Waals surface area (Å²) in [4.78, 5) is 42.4. The fourth-order valence-corrected chi connectivity index (χ4v) is 3.89. The lowest BCUT2D eigenvalue weighted by Crippen LogP contribution is -2.53. The molecule has 0 unspecified atom stereocenters. The molecule has 1 N–H and O–H groups in total. The zero-order chi connectivity index (χ0) is 21.5. The molecule has 4 amide bonds. The molecule has 0 aliphatic carbocycles. The summed E-state index contributed by atoms with van der Waals surface area (Å²) in [6, 6.07) is 4.27. The van der Waals surface area contributed by atoms with Crippen LogP contribution in [0.2, 0.25) is 0 Å². The number of halogens is 1. The van der Waals surface area contributed by atoms with Crippen LogP contribution in [0.5, 0.6) is 0 Å². The molecular formula is C22H31FN4O3. The number of aryl methyl sites for hydroxylation is 1. The molecule has 8 heteroatoms. The number of rotatable bonds is 4. The van der Waals surface area contributed by atoms with Crippen molar-refractivity contribution in [3.05, 3.63) is 35.1 Å². The van der Waals surface area contributed by atoms with Gasteiger partial charge in [-0.2, -0.15) is 0 Å². The van der Waals surface area contributed by atoms with E-state index in [0.717, 1.165) is 25.9 Å². The third-order valence-corrected chi connectivity index (χ3v) is 5.85. The van der Waals surface area contributed by atoms with Crippen molar-refractivity contribution in [3.8, 4) is 0 Å². The number of hydrogen-bond acceptors (Lipinski definition) is 3. The molecule has 0 saturated carbocycles. The molecule has 2 saturated heterocycles. The Morgan fingerprint density at radius 3 is 2.17 bits per heavy atom. The molecular weight excluding hydrogens is 387 g/mol. The molecule has 2 aliphatic rings. The van der Waals surface area contributed by atoms with E-state index in [9.17, 15) is 18.8 Å². The summed E-state index contributed by atoms with van der Waals surface area (Å²) >= 11 is 0. The molecule has 0 aromatic heterocycles. The second-order valence-corrected chi connectivity index (χ2v) is 8.02. The molecule has 30 heavy (non-hydrogen) atoms. The molecule has 2 fully saturated rings. The van der Waals surface area contributed by atoms with Crippen molar-refractivity contribution in [3.63, 3.8) is 0 Å². The van der Waals surface area contributed by atoms with Gasteiger partial charge in [-0.05, 0) is 37.5 Å². The Hall–Kier alpha value is -2.64. The molecule has 164 valence electrons. The summed E-state index contributed by atoms with van der Waals surface area (Å²) in [6.07, 6.45) is 4.76. The predicted octanol–water partition coefficient (Wildman–Crippen LogP) is 2.39. The Bertz CT molecular complexity index is 770. The van der Waals surface area contributed by atoms with Crippen LogP contribution in [0.4, 0.5) is 9.18 Å². The average Bonchev–Trinajstić information content (AvgIpc) is 3.05. The van der Waals surface area contributed by atoms with E-state index >= 15 is 0 Å². The zero-order valence-corrected chi connectivity index (χ0v) is 17.7. The van der Waals surface area contributed by atoms with Crippen molar-refractivity contribution in [2.75, 3.05) is 45.8 Å². The van der Waals surface area contributed by atoms with E-state index in [1.165, 1.54) is 18.9 Å². The number of hydrogen-bond donors (Lipinski definition) is 1. The maximum absolute atomic E-state index is 13.7. The number of carbonyl (C=O) groups is 3. The normalized spacial score (nSPS) is 17.5. The Morgan fingerprint density at radius 2 is 1.53 bits per heavy atom. The number of amides is 4. The molecule has 1 aromatic rings. The first-order valence-electron chi connectivity index (χ1n) is 10.8. The van der Waals surface area contributed by atoms with Gasteiger partial charge in [-0.15, -0.1) is 0 Å². The van der Waals surface area contributed by atoms with E-state index in [1.807, 2.05) is 4.90 Å². The van der Waals surface area contributed by atoms with Crippen molar-refractivity contribution in [1.29, 1.82) is 0 Å². The number of benzene rings is 1. The van der Waals surface area contributed by atoms with E-state index in [4.69, 9.17) is 0 Å². The van der Waals surface area contributed by atoms with Crippen molar-refractivity contribution in [1.82, 2.24) is 20.0 Å². The first-order chi connectivity index (χ1) is 14.5. The van der Waals surface area contributed by atoms with Gasteiger partial charge in [0, 0.05) is 57.8 Å². The molecule has 1 aromatic carbocycles. The first kappa shape index (κ1) is 22.1. The summed E-state index contributed by atoms with van der Waals surface area (Å²) in [5, 5.41) is 2.81. The Balaban J connectivity index is 1.40. The van der Waals surface area contributed by atoms with Gasteiger partial charge in [0.1, 0.15) is 5.82 Å². The number of nitrogens with zero attached hydrogens (tertiary/aromatic N) is 3. The SMILES string of the molecule is Cc1ccc(C(=O)N2CCN(C(=O)NCCC(=O)N3CCCCCC3)CC2)cc1F. The van der Waals surface area contributed by atoms with E-state index in [2.05, 4.69) is 5.32 Å². The van der Waals surface area contributed by atoms with Gasteiger partial charge in [0.05, 0.1) is 0 Å². The molecule has 2 heterocycles. The highest BCUT2D eigenvalue weighted by Gasteiger charge is 2.25. The van der Waals surface area contributed by atoms with Gasteiger partial charge in [0.2, 0.25) is 5.91 Å². The summed E-state index contributed by atoms with van der Waals surface area (Å²) in [7, 11) is 0. The van der Waals surface area contributed by atoms with Gasteiger partial charge >= 0.3 is 6.03 Å². The van der Waals surface area contributed by atoms with E-state index in [1.54, 1.807) is 28.9 Å². The fourth-order valence-electron chi connectivity index (χ4n) is 3.89. The number of carbonyl (C=O) groups excluding carboxylic acids is 3. The zero-order valence-electron chi connectivity index (χ0n) is 17.7. The number of urea groups is 1. The Labute approximate surface area is 177 Å². The molecule has 0 radical (unpaired) electrons. The topological polar surface area (TPSA) is 73.0 Å². The van der Waals surface area contributed by atoms with Gasteiger partial charge in [-0.1, -0.05) is 18.9 Å². The van der Waals surface area contributed by atoms with Crippen molar-refractivity contribution < 1.29 is 18.8 Å². The highest BCUT2D eigenvalue weighted by molar-refractivity contribution is 5.94. The predicted molar refractivity (Wildman–Crippen MR) is 112 cm³/mol. The van der Waals surface area contributed by atoms with Crippen molar-refractivity contribution in [2.45, 2.75) is 39.0 Å². The van der Waals surface area contributed by atoms with Gasteiger partial charge < -0.3 is 20.0 Å². The summed E-state index contributed by atoms with van der Waals surface area (Å²) < 4.78 is 13.7. The largest absolute Gasteiger partial charge is 0.343 e. The summed E-state index contributed by atoms with van der Waals surface area (Å²) in [6.45, 7) is 5.21. The maximum Gasteiger partial charge on any atom is 0.317 e. The van der Waals surface area contributed by atoms with Crippen LogP contribution in [-0.4, -0.2) is 78.4 Å². The van der Waals surface area contributed by atoms with Crippen LogP contribution in [0.1, 0.15) is 48.0 Å². The third kappa shape index (κ3) is 5.70. The lowest BCUT2D eigenvalue weighted by molar-refractivity contribution is -0.131. The highest BCUT2D eigenvalue weighted by atomic mass is 19.1. The average molecular weight is 419 g/mol. The summed E-state index contributed by atoms with van der Waals surface area (Å²) in [5.41, 5.74) is 0.824. The van der Waals surface area contributed by atoms with Crippen LogP contribution in [0.25, 0.3) is 0 Å². The van der Waals surface area contributed by atoms with Crippen molar-refractivity contribution in [2.24, 2.45) is 0 Å². The maximum atomic E-state index is 13.7. The second kappa shape index (κ2) is 10.4. The Kier molecular flexibility index (Phi) is 7.65. The lowest BCUT2D eigenvalue weighted by atomic mass is 10.1. The van der Waals surface area contributed by atoms with Crippen LogP contribution in [-0.2, 0) is 4.79 Å². The van der Waals surface area contributed by atoms with Gasteiger partial charge in [-0.3, -0.25) is 9.59 Å². The number of piperazine rings is 1. The van der Waals surface area contributed by atoms with E-state index < -0.39 is 5.82 Å². The van der Waals surface area contributed by atoms with Crippen LogP contribution in [0.15, 0.2) is 18.2 Å². The standard InChI is InChI=1S/C22H31FN4O3/c1-17-6-7-18(16-19(17)23)21(29)26-12-14-27(15-13-26)22(30)24-9-8-20(28)25-10-4-2-3-5-11-25/h6-7,16H,2-5,8-15H2,1H3,(H,24,30). The van der Waals surface area contributed by atoms with E-state index in [0.29, 0.717) is 50.3 Å². The van der Waals surface area contributed by atoms with Crippen molar-refractivity contribution >= 4 is 17.8 Å². The minimum absolute atomic E-state index is 0.0953. The molecule has 7 nitrogen and oxygen atoms in total. The quantitative estimate of drug-likeness (QED) is 0.816. The minimum atomic E-state index is -0.395. The number of nitrogens with one attached hydrogen (secondary N) is 1. The molecule has 2 aliphatic heterocycles. The third-order valence-electron chi connectivity index (χ3n) is 5.85. The van der Waals surface area contributed by atoms with Crippen LogP contribution in [0.3, 0.4) is 0 Å². The minimum Gasteiger partial charge on any atom is -0.343 e. The van der Waals surface area contributed by atoms with Gasteiger partial charge in [-0.25, -0.2) is 9.18 Å². The van der Waals surface area contributed by atoms with Crippen LogP contribution in [0, 0.1) is 12.7 Å². The van der Waals surface area contributed by atoms with Gasteiger partial charge in [0.15, 0.2) is 0 Å². The smallest absolute Gasteiger partial charge is 0.317 e. The first-order valence-corrected chi connectivity index (χ1v) is 10.8. The fraction of sp³-hybridized carbons (Fsp3) is 0.591. The highest BCUT2D eigenvalue weighted by Crippen LogP contribution is 2.14. The Morgan fingerprint density at radius 1 is 0.900 bits per heavy atom.